The fraction of sp³-hybridized carbons (Fsp3) is 0.308. The molecule has 0 saturated heterocycles. The van der Waals surface area contributed by atoms with E-state index in [9.17, 15) is 8.78 Å². The van der Waals surface area contributed by atoms with Crippen LogP contribution in [0, 0.1) is 11.6 Å². The zero-order chi connectivity index (χ0) is 13.0. The second-order valence-electron chi connectivity index (χ2n) is 4.03. The molecular formula is C13H16ClF2N3. The number of rotatable bonds is 5. The number of hydrogen-bond donors (Lipinski definition) is 1. The van der Waals surface area contributed by atoms with Gasteiger partial charge in [-0.3, -0.25) is 4.68 Å². The van der Waals surface area contributed by atoms with Gasteiger partial charge in [0.15, 0.2) is 11.6 Å². The van der Waals surface area contributed by atoms with E-state index in [1.807, 2.05) is 16.9 Å². The van der Waals surface area contributed by atoms with Crippen LogP contribution in [0.15, 0.2) is 30.5 Å². The molecule has 0 saturated carbocycles. The first kappa shape index (κ1) is 15.4. The van der Waals surface area contributed by atoms with E-state index in [2.05, 4.69) is 17.3 Å². The van der Waals surface area contributed by atoms with E-state index in [0.717, 1.165) is 19.0 Å². The Morgan fingerprint density at radius 2 is 2.05 bits per heavy atom. The minimum Gasteiger partial charge on any atom is -0.364 e. The maximum Gasteiger partial charge on any atom is 0.163 e. The first-order valence-corrected chi connectivity index (χ1v) is 5.91. The number of nitrogens with zero attached hydrogens (tertiary/aromatic N) is 2. The van der Waals surface area contributed by atoms with Crippen LogP contribution in [0.4, 0.5) is 14.6 Å². The lowest BCUT2D eigenvalue weighted by Crippen LogP contribution is -2.05. The van der Waals surface area contributed by atoms with Gasteiger partial charge in [-0.15, -0.1) is 12.4 Å². The number of hydrogen-bond acceptors (Lipinski definition) is 2. The van der Waals surface area contributed by atoms with Crippen molar-refractivity contribution in [1.29, 1.82) is 0 Å². The predicted molar refractivity (Wildman–Crippen MR) is 73.5 cm³/mol. The number of benzene rings is 1. The second-order valence-corrected chi connectivity index (χ2v) is 4.03. The summed E-state index contributed by atoms with van der Waals surface area (Å²) in [4.78, 5) is 0. The van der Waals surface area contributed by atoms with Gasteiger partial charge in [-0.1, -0.05) is 19.1 Å². The van der Waals surface area contributed by atoms with Crippen LogP contribution < -0.4 is 5.32 Å². The number of aromatic nitrogens is 2. The molecule has 2 rings (SSSR count). The molecule has 0 radical (unpaired) electrons. The molecule has 2 aromatic rings. The first-order chi connectivity index (χ1) is 8.70. The summed E-state index contributed by atoms with van der Waals surface area (Å²) in [6.07, 6.45) is 2.85. The monoisotopic (exact) mass is 287 g/mol. The largest absolute Gasteiger partial charge is 0.364 e. The molecule has 0 bridgehead atoms. The molecule has 0 atom stereocenters. The Morgan fingerprint density at radius 1 is 1.26 bits per heavy atom. The van der Waals surface area contributed by atoms with Crippen molar-refractivity contribution in [3.05, 3.63) is 47.7 Å². The molecule has 0 unspecified atom stereocenters. The summed E-state index contributed by atoms with van der Waals surface area (Å²) in [7, 11) is 0. The lowest BCUT2D eigenvalue weighted by atomic mass is 10.2. The quantitative estimate of drug-likeness (QED) is 0.910. The highest BCUT2D eigenvalue weighted by molar-refractivity contribution is 5.85. The molecule has 0 amide bonds. The van der Waals surface area contributed by atoms with Crippen molar-refractivity contribution in [2.24, 2.45) is 0 Å². The smallest absolute Gasteiger partial charge is 0.163 e. The molecule has 0 spiro atoms. The number of nitrogens with one attached hydrogen (secondary N) is 1. The Morgan fingerprint density at radius 3 is 2.79 bits per heavy atom. The van der Waals surface area contributed by atoms with E-state index < -0.39 is 11.6 Å². The van der Waals surface area contributed by atoms with Gasteiger partial charge in [0, 0.05) is 30.9 Å². The van der Waals surface area contributed by atoms with Crippen LogP contribution in [0.2, 0.25) is 0 Å². The van der Waals surface area contributed by atoms with Gasteiger partial charge < -0.3 is 5.32 Å². The van der Waals surface area contributed by atoms with E-state index in [1.165, 1.54) is 6.07 Å². The van der Waals surface area contributed by atoms with Crippen molar-refractivity contribution in [3.63, 3.8) is 0 Å². The van der Waals surface area contributed by atoms with Gasteiger partial charge >= 0.3 is 0 Å². The minimum atomic E-state index is -0.828. The molecule has 1 heterocycles. The summed E-state index contributed by atoms with van der Waals surface area (Å²) in [5.74, 6) is -0.976. The van der Waals surface area contributed by atoms with Crippen LogP contribution in [0.5, 0.6) is 0 Å². The third kappa shape index (κ3) is 3.92. The van der Waals surface area contributed by atoms with Gasteiger partial charge in [-0.25, -0.2) is 8.78 Å². The molecule has 104 valence electrons. The van der Waals surface area contributed by atoms with Crippen LogP contribution in [0.1, 0.15) is 18.9 Å². The highest BCUT2D eigenvalue weighted by atomic mass is 35.5. The molecule has 1 aromatic heterocycles. The van der Waals surface area contributed by atoms with Crippen molar-refractivity contribution < 1.29 is 8.78 Å². The van der Waals surface area contributed by atoms with Crippen molar-refractivity contribution in [2.75, 3.05) is 5.32 Å². The number of aryl methyl sites for hydroxylation is 1. The van der Waals surface area contributed by atoms with E-state index in [-0.39, 0.29) is 19.0 Å². The normalized spacial score (nSPS) is 10.1. The molecule has 1 aromatic carbocycles. The lowest BCUT2D eigenvalue weighted by molar-refractivity contribution is 0.500. The van der Waals surface area contributed by atoms with Gasteiger partial charge in [0.1, 0.15) is 5.82 Å². The summed E-state index contributed by atoms with van der Waals surface area (Å²) in [6, 6.07) is 5.96. The van der Waals surface area contributed by atoms with Crippen LogP contribution in [0.25, 0.3) is 0 Å². The van der Waals surface area contributed by atoms with Crippen molar-refractivity contribution in [1.82, 2.24) is 9.78 Å². The standard InChI is InChI=1S/C13H15F2N3.ClH/c1-2-7-18-8-6-12(17-18)16-9-10-4-3-5-11(14)13(10)15;/h3-6,8H,2,7,9H2,1H3,(H,16,17);1H. The fourth-order valence-electron chi connectivity index (χ4n) is 1.68. The van der Waals surface area contributed by atoms with Crippen LogP contribution in [0.3, 0.4) is 0 Å². The summed E-state index contributed by atoms with van der Waals surface area (Å²) in [6.45, 7) is 3.12. The Kier molecular flexibility index (Phi) is 5.76. The van der Waals surface area contributed by atoms with Crippen molar-refractivity contribution >= 4 is 18.2 Å². The molecule has 19 heavy (non-hydrogen) atoms. The van der Waals surface area contributed by atoms with Gasteiger partial charge in [0.05, 0.1) is 0 Å². The van der Waals surface area contributed by atoms with Crippen LogP contribution >= 0.6 is 12.4 Å². The highest BCUT2D eigenvalue weighted by Crippen LogP contribution is 2.13. The Bertz CT molecular complexity index is 528. The van der Waals surface area contributed by atoms with Crippen molar-refractivity contribution in [2.45, 2.75) is 26.4 Å². The van der Waals surface area contributed by atoms with E-state index in [1.54, 1.807) is 6.07 Å². The first-order valence-electron chi connectivity index (χ1n) is 5.91. The predicted octanol–water partition coefficient (Wildman–Crippen LogP) is 3.61. The lowest BCUT2D eigenvalue weighted by Gasteiger charge is -2.05. The zero-order valence-electron chi connectivity index (χ0n) is 10.6. The molecule has 0 aliphatic heterocycles. The molecule has 0 aliphatic rings. The van der Waals surface area contributed by atoms with E-state index >= 15 is 0 Å². The highest BCUT2D eigenvalue weighted by Gasteiger charge is 2.07. The third-order valence-corrected chi connectivity index (χ3v) is 2.58. The molecule has 6 heteroatoms. The van der Waals surface area contributed by atoms with Gasteiger partial charge in [-0.05, 0) is 12.5 Å². The summed E-state index contributed by atoms with van der Waals surface area (Å²) >= 11 is 0. The topological polar surface area (TPSA) is 29.9 Å². The number of anilines is 1. The fourth-order valence-corrected chi connectivity index (χ4v) is 1.68. The van der Waals surface area contributed by atoms with Crippen LogP contribution in [-0.2, 0) is 13.1 Å². The molecule has 0 fully saturated rings. The minimum absolute atomic E-state index is 0. The molecule has 0 aliphatic carbocycles. The number of halogens is 3. The van der Waals surface area contributed by atoms with E-state index in [4.69, 9.17) is 0 Å². The van der Waals surface area contributed by atoms with Crippen LogP contribution in [-0.4, -0.2) is 9.78 Å². The second kappa shape index (κ2) is 7.09. The Hall–Kier alpha value is -1.62. The summed E-state index contributed by atoms with van der Waals surface area (Å²) in [5, 5.41) is 7.23. The van der Waals surface area contributed by atoms with Gasteiger partial charge in [0.25, 0.3) is 0 Å². The third-order valence-electron chi connectivity index (χ3n) is 2.58. The molecular weight excluding hydrogens is 272 g/mol. The Labute approximate surface area is 117 Å². The maximum atomic E-state index is 13.4. The van der Waals surface area contributed by atoms with Gasteiger partial charge in [-0.2, -0.15) is 5.10 Å². The van der Waals surface area contributed by atoms with E-state index in [0.29, 0.717) is 11.4 Å². The summed E-state index contributed by atoms with van der Waals surface area (Å²) < 4.78 is 28.2. The van der Waals surface area contributed by atoms with Gasteiger partial charge in [0.2, 0.25) is 0 Å². The average Bonchev–Trinajstić information content (AvgIpc) is 2.79. The Balaban J connectivity index is 0.00000180. The average molecular weight is 288 g/mol. The SMILES string of the molecule is CCCn1ccc(NCc2cccc(F)c2F)n1.Cl. The zero-order valence-corrected chi connectivity index (χ0v) is 11.4. The molecule has 3 nitrogen and oxygen atoms in total. The summed E-state index contributed by atoms with van der Waals surface area (Å²) in [5.41, 5.74) is 0.292. The van der Waals surface area contributed by atoms with Crippen molar-refractivity contribution in [3.8, 4) is 0 Å². The molecule has 1 N–H and O–H groups in total. The maximum absolute atomic E-state index is 13.4.